The smallest absolute Gasteiger partial charge is 0.475 e. The zero-order valence-electron chi connectivity index (χ0n) is 21.2. The first-order valence-corrected chi connectivity index (χ1v) is 12.1. The molecule has 15 heteroatoms. The highest BCUT2D eigenvalue weighted by Crippen LogP contribution is 2.36. The number of rotatable bonds is 5. The summed E-state index contributed by atoms with van der Waals surface area (Å²) in [5, 5.41) is 17.5. The number of carboxylic acids is 2. The molecule has 9 nitrogen and oxygen atoms in total. The molecule has 1 atom stereocenters. The van der Waals surface area contributed by atoms with Crippen molar-refractivity contribution in [2.24, 2.45) is 5.92 Å². The van der Waals surface area contributed by atoms with Crippen LogP contribution in [0.1, 0.15) is 35.6 Å². The minimum absolute atomic E-state index is 0.283. The minimum atomic E-state index is -5.08. The Kier molecular flexibility index (Phi) is 10.2. The number of hydrogen-bond acceptors (Lipinski definition) is 7. The molecule has 3 aromatic rings. The lowest BCUT2D eigenvalue weighted by Crippen LogP contribution is -2.36. The maximum Gasteiger partial charge on any atom is 0.490 e. The molecule has 220 valence electrons. The Hall–Kier alpha value is -4.27. The summed E-state index contributed by atoms with van der Waals surface area (Å²) in [6.07, 6.45) is -1.86. The summed E-state index contributed by atoms with van der Waals surface area (Å²) in [4.78, 5) is 34.0. The molecule has 0 spiro atoms. The minimum Gasteiger partial charge on any atom is -0.475 e. The number of pyridine rings is 1. The summed E-state index contributed by atoms with van der Waals surface area (Å²) in [6, 6.07) is 14.6. The number of nitrogens with one attached hydrogen (secondary N) is 1. The Balaban J connectivity index is 0.000000276. The van der Waals surface area contributed by atoms with E-state index >= 15 is 0 Å². The van der Waals surface area contributed by atoms with E-state index < -0.39 is 24.3 Å². The van der Waals surface area contributed by atoms with E-state index in [0.717, 1.165) is 30.4 Å². The second-order valence-electron chi connectivity index (χ2n) is 9.18. The molecule has 1 aliphatic carbocycles. The van der Waals surface area contributed by atoms with E-state index in [1.807, 2.05) is 18.3 Å². The number of alkyl halides is 6. The van der Waals surface area contributed by atoms with Gasteiger partial charge in [0, 0.05) is 43.5 Å². The fourth-order valence-corrected chi connectivity index (χ4v) is 3.87. The summed E-state index contributed by atoms with van der Waals surface area (Å²) in [7, 11) is 0. The van der Waals surface area contributed by atoms with Crippen LogP contribution < -0.4 is 5.32 Å². The predicted molar refractivity (Wildman–Crippen MR) is 133 cm³/mol. The highest BCUT2D eigenvalue weighted by Gasteiger charge is 2.39. The van der Waals surface area contributed by atoms with Crippen LogP contribution in [0.2, 0.25) is 0 Å². The Morgan fingerprint density at radius 2 is 1.54 bits per heavy atom. The first-order valence-electron chi connectivity index (χ1n) is 12.1. The number of aliphatic carboxylic acids is 2. The van der Waals surface area contributed by atoms with Crippen molar-refractivity contribution in [3.63, 3.8) is 0 Å². The highest BCUT2D eigenvalue weighted by molar-refractivity contribution is 5.73. The van der Waals surface area contributed by atoms with Crippen LogP contribution in [0.25, 0.3) is 0 Å². The molecule has 2 aliphatic rings. The van der Waals surface area contributed by atoms with E-state index in [1.54, 1.807) is 12.4 Å². The molecule has 0 bridgehead atoms. The molecule has 1 unspecified atom stereocenters. The summed E-state index contributed by atoms with van der Waals surface area (Å²) in [5.74, 6) is -3.71. The zero-order chi connectivity index (χ0) is 30.2. The van der Waals surface area contributed by atoms with Gasteiger partial charge in [-0.2, -0.15) is 26.3 Å². The van der Waals surface area contributed by atoms with Gasteiger partial charge in [0.1, 0.15) is 0 Å². The highest BCUT2D eigenvalue weighted by atomic mass is 19.4. The number of carboxylic acid groups (broad SMARTS) is 2. The van der Waals surface area contributed by atoms with Gasteiger partial charge in [-0.1, -0.05) is 30.3 Å². The van der Waals surface area contributed by atoms with E-state index in [9.17, 15) is 26.3 Å². The van der Waals surface area contributed by atoms with Crippen molar-refractivity contribution in [1.82, 2.24) is 19.9 Å². The van der Waals surface area contributed by atoms with Crippen molar-refractivity contribution in [2.75, 3.05) is 18.4 Å². The predicted octanol–water partition coefficient (Wildman–Crippen LogP) is 5.24. The molecule has 0 radical (unpaired) electrons. The number of nitrogens with zero attached hydrogens (tertiary/aromatic N) is 4. The molecule has 1 saturated carbocycles. The van der Waals surface area contributed by atoms with Crippen LogP contribution in [0.3, 0.4) is 0 Å². The number of hydrogen-bond donors (Lipinski definition) is 3. The van der Waals surface area contributed by atoms with E-state index in [0.29, 0.717) is 5.95 Å². The fourth-order valence-electron chi connectivity index (χ4n) is 3.87. The third kappa shape index (κ3) is 10.0. The first kappa shape index (κ1) is 31.3. The average Bonchev–Trinajstić information content (AvgIpc) is 3.73. The number of aromatic nitrogens is 3. The Labute approximate surface area is 229 Å². The largest absolute Gasteiger partial charge is 0.490 e. The van der Waals surface area contributed by atoms with Gasteiger partial charge >= 0.3 is 24.3 Å². The molecule has 5 rings (SSSR count). The Morgan fingerprint density at radius 3 is 2.05 bits per heavy atom. The standard InChI is InChI=1S/C22H23N5.2C2HF3O2/c1-2-5-17(6-3-1)20-15-27(13-16-8-9-16)14-18-11-24-22(26-21(18)20)25-19-7-4-10-23-12-19;2*3-2(4,5)1(6)7/h1-7,10-12,16,20H,8-9,13-15H2,(H,24,25,26);2*(H,6,7). The van der Waals surface area contributed by atoms with E-state index in [2.05, 4.69) is 50.5 Å². The molecule has 1 aliphatic heterocycles. The average molecular weight is 586 g/mol. The third-order valence-electron chi connectivity index (χ3n) is 5.88. The second-order valence-corrected chi connectivity index (χ2v) is 9.18. The van der Waals surface area contributed by atoms with Crippen molar-refractivity contribution in [3.8, 4) is 0 Å². The lowest BCUT2D eigenvalue weighted by Gasteiger charge is -2.34. The quantitative estimate of drug-likeness (QED) is 0.345. The van der Waals surface area contributed by atoms with Crippen LogP contribution in [0.5, 0.6) is 0 Å². The summed E-state index contributed by atoms with van der Waals surface area (Å²) in [5.41, 5.74) is 4.62. The van der Waals surface area contributed by atoms with Crippen molar-refractivity contribution in [1.29, 1.82) is 0 Å². The van der Waals surface area contributed by atoms with Crippen LogP contribution in [0.4, 0.5) is 38.0 Å². The monoisotopic (exact) mass is 585 g/mol. The number of fused-ring (bicyclic) bond motifs is 1. The van der Waals surface area contributed by atoms with Gasteiger partial charge in [-0.3, -0.25) is 9.88 Å². The molecule has 1 fully saturated rings. The van der Waals surface area contributed by atoms with Crippen LogP contribution in [0.15, 0.2) is 61.1 Å². The molecule has 41 heavy (non-hydrogen) atoms. The normalized spacial score (nSPS) is 16.7. The maximum absolute atomic E-state index is 10.6. The van der Waals surface area contributed by atoms with Crippen LogP contribution in [-0.2, 0) is 16.1 Å². The summed E-state index contributed by atoms with van der Waals surface area (Å²) in [6.45, 7) is 3.16. The van der Waals surface area contributed by atoms with Gasteiger partial charge in [0.05, 0.1) is 17.6 Å². The fraction of sp³-hybridized carbons (Fsp3) is 0.346. The summed E-state index contributed by atoms with van der Waals surface area (Å²) < 4.78 is 63.5. The lowest BCUT2D eigenvalue weighted by molar-refractivity contribution is -0.193. The van der Waals surface area contributed by atoms with Crippen molar-refractivity contribution in [2.45, 2.75) is 37.7 Å². The third-order valence-corrected chi connectivity index (χ3v) is 5.88. The zero-order valence-corrected chi connectivity index (χ0v) is 21.2. The molecule has 3 heterocycles. The van der Waals surface area contributed by atoms with E-state index in [4.69, 9.17) is 24.8 Å². The van der Waals surface area contributed by atoms with Crippen molar-refractivity contribution >= 4 is 23.6 Å². The molecule has 0 saturated heterocycles. The SMILES string of the molecule is O=C(O)C(F)(F)F.O=C(O)C(F)(F)F.c1ccc(C2CN(CC3CC3)Cc3cnc(Nc4cccnc4)nc32)cc1. The summed E-state index contributed by atoms with van der Waals surface area (Å²) >= 11 is 0. The first-order chi connectivity index (χ1) is 19.2. The molecule has 3 N–H and O–H groups in total. The number of anilines is 2. The van der Waals surface area contributed by atoms with Gasteiger partial charge in [-0.25, -0.2) is 19.6 Å². The molecule has 1 aromatic carbocycles. The van der Waals surface area contributed by atoms with Gasteiger partial charge in [0.15, 0.2) is 0 Å². The van der Waals surface area contributed by atoms with Crippen LogP contribution in [0, 0.1) is 5.92 Å². The second kappa shape index (κ2) is 13.4. The molecule has 0 amide bonds. The lowest BCUT2D eigenvalue weighted by atomic mass is 9.89. The van der Waals surface area contributed by atoms with Crippen molar-refractivity contribution < 1.29 is 46.1 Å². The van der Waals surface area contributed by atoms with Gasteiger partial charge < -0.3 is 15.5 Å². The Morgan fingerprint density at radius 1 is 0.927 bits per heavy atom. The topological polar surface area (TPSA) is 129 Å². The molecular formula is C26H25F6N5O4. The van der Waals surface area contributed by atoms with Gasteiger partial charge in [0.2, 0.25) is 5.95 Å². The van der Waals surface area contributed by atoms with Crippen LogP contribution >= 0.6 is 0 Å². The maximum atomic E-state index is 10.6. The molecular weight excluding hydrogens is 560 g/mol. The van der Waals surface area contributed by atoms with Gasteiger partial charge in [0.25, 0.3) is 0 Å². The van der Waals surface area contributed by atoms with Gasteiger partial charge in [-0.05, 0) is 36.5 Å². The van der Waals surface area contributed by atoms with Gasteiger partial charge in [-0.15, -0.1) is 0 Å². The number of benzene rings is 1. The van der Waals surface area contributed by atoms with E-state index in [-0.39, 0.29) is 5.92 Å². The molecule has 2 aromatic heterocycles. The van der Waals surface area contributed by atoms with Crippen molar-refractivity contribution in [3.05, 3.63) is 77.9 Å². The van der Waals surface area contributed by atoms with Crippen LogP contribution in [-0.4, -0.2) is 67.4 Å². The number of carbonyl (C=O) groups is 2. The van der Waals surface area contributed by atoms with E-state index in [1.165, 1.54) is 30.5 Å². The number of halogens is 6. The Bertz CT molecular complexity index is 1280.